The number of rotatable bonds is 7. The van der Waals surface area contributed by atoms with Gasteiger partial charge in [0.2, 0.25) is 10.0 Å². The van der Waals surface area contributed by atoms with Gasteiger partial charge in [0.1, 0.15) is 0 Å². The number of sulfonamides is 1. The maximum atomic E-state index is 12.9. The number of benzene rings is 2. The van der Waals surface area contributed by atoms with Gasteiger partial charge in [0.05, 0.1) is 11.4 Å². The van der Waals surface area contributed by atoms with Crippen LogP contribution in [-0.2, 0) is 15.8 Å². The second kappa shape index (κ2) is 8.51. The Bertz CT molecular complexity index is 724. The van der Waals surface area contributed by atoms with E-state index in [9.17, 15) is 8.42 Å². The first-order valence-electron chi connectivity index (χ1n) is 6.92. The first-order chi connectivity index (χ1) is 10.9. The fourth-order valence-electron chi connectivity index (χ4n) is 2.08. The topological polar surface area (TPSA) is 37.4 Å². The van der Waals surface area contributed by atoms with Crippen molar-refractivity contribution >= 4 is 59.2 Å². The zero-order chi connectivity index (χ0) is 16.9. The van der Waals surface area contributed by atoms with Crippen LogP contribution in [0.2, 0.25) is 5.02 Å². The highest BCUT2D eigenvalue weighted by Gasteiger charge is 2.25. The van der Waals surface area contributed by atoms with E-state index in [-0.39, 0.29) is 10.6 Å². The molecule has 0 aromatic heterocycles. The molecule has 0 radical (unpaired) electrons. The molecule has 0 spiro atoms. The molecular weight excluding hydrogens is 466 g/mol. The molecule has 2 rings (SSSR count). The van der Waals surface area contributed by atoms with Crippen LogP contribution in [0.1, 0.15) is 5.56 Å². The van der Waals surface area contributed by atoms with Gasteiger partial charge in [0.15, 0.2) is 0 Å². The van der Waals surface area contributed by atoms with E-state index < -0.39 is 10.0 Å². The van der Waals surface area contributed by atoms with Crippen molar-refractivity contribution in [1.29, 1.82) is 0 Å². The molecule has 1 atom stereocenters. The van der Waals surface area contributed by atoms with Crippen molar-refractivity contribution in [2.24, 2.45) is 0 Å². The Morgan fingerprint density at radius 2 is 1.65 bits per heavy atom. The highest BCUT2D eigenvalue weighted by atomic mass is 79.9. The minimum Gasteiger partial charge on any atom is -0.269 e. The fraction of sp³-hybridized carbons (Fsp3) is 0.250. The molecule has 0 aliphatic carbocycles. The Hall–Kier alpha value is -0.560. The lowest BCUT2D eigenvalue weighted by molar-refractivity contribution is 0.590. The molecular formula is C16H16Br2ClNO2S. The van der Waals surface area contributed by atoms with Crippen molar-refractivity contribution in [3.8, 4) is 0 Å². The predicted molar refractivity (Wildman–Crippen MR) is 104 cm³/mol. The second-order valence-corrected chi connectivity index (χ2v) is 9.27. The number of alkyl halides is 2. The third kappa shape index (κ3) is 5.48. The Balaban J connectivity index is 2.33. The molecule has 0 fully saturated rings. The summed E-state index contributed by atoms with van der Waals surface area (Å²) in [6.45, 7) is 0.335. The van der Waals surface area contributed by atoms with E-state index in [4.69, 9.17) is 11.6 Å². The van der Waals surface area contributed by atoms with Gasteiger partial charge in [-0.1, -0.05) is 73.8 Å². The van der Waals surface area contributed by atoms with Gasteiger partial charge in [-0.3, -0.25) is 4.31 Å². The van der Waals surface area contributed by atoms with Gasteiger partial charge in [-0.2, -0.15) is 0 Å². The summed E-state index contributed by atoms with van der Waals surface area (Å²) in [6.07, 6.45) is 0. The van der Waals surface area contributed by atoms with Gasteiger partial charge in [0.25, 0.3) is 0 Å². The lowest BCUT2D eigenvalue weighted by Crippen LogP contribution is -2.37. The molecule has 2 aromatic rings. The van der Waals surface area contributed by atoms with E-state index >= 15 is 0 Å². The quantitative estimate of drug-likeness (QED) is 0.531. The van der Waals surface area contributed by atoms with Gasteiger partial charge < -0.3 is 0 Å². The van der Waals surface area contributed by atoms with Crippen LogP contribution in [0.25, 0.3) is 0 Å². The van der Waals surface area contributed by atoms with E-state index in [1.165, 1.54) is 4.31 Å². The van der Waals surface area contributed by atoms with Crippen molar-refractivity contribution < 1.29 is 8.42 Å². The van der Waals surface area contributed by atoms with Gasteiger partial charge in [-0.05, 0) is 29.8 Å². The molecule has 0 amide bonds. The number of hydrogen-bond donors (Lipinski definition) is 0. The SMILES string of the molecule is O=S(=O)(Cc1ccccc1)N(CC(Br)CBr)c1ccc(Cl)cc1. The summed E-state index contributed by atoms with van der Waals surface area (Å²) in [5.41, 5.74) is 1.37. The van der Waals surface area contributed by atoms with Gasteiger partial charge >= 0.3 is 0 Å². The smallest absolute Gasteiger partial charge is 0.239 e. The van der Waals surface area contributed by atoms with Crippen molar-refractivity contribution in [2.45, 2.75) is 10.6 Å². The first-order valence-corrected chi connectivity index (χ1v) is 10.9. The van der Waals surface area contributed by atoms with Crippen molar-refractivity contribution in [3.05, 3.63) is 65.2 Å². The Labute approximate surface area is 159 Å². The number of hydrogen-bond acceptors (Lipinski definition) is 2. The molecule has 0 saturated carbocycles. The Kier molecular flexibility index (Phi) is 6.95. The molecule has 0 aliphatic heterocycles. The summed E-state index contributed by atoms with van der Waals surface area (Å²) in [5, 5.41) is 1.22. The van der Waals surface area contributed by atoms with Crippen molar-refractivity contribution in [1.82, 2.24) is 0 Å². The first kappa shape index (κ1) is 18.8. The van der Waals surface area contributed by atoms with Crippen LogP contribution in [0, 0.1) is 0 Å². The fourth-order valence-corrected chi connectivity index (χ4v) is 4.51. The summed E-state index contributed by atoms with van der Waals surface area (Å²) >= 11 is 12.8. The summed E-state index contributed by atoms with van der Waals surface area (Å²) in [6, 6.07) is 16.0. The van der Waals surface area contributed by atoms with Crippen LogP contribution in [-0.4, -0.2) is 25.1 Å². The maximum absolute atomic E-state index is 12.9. The van der Waals surface area contributed by atoms with E-state index in [0.717, 1.165) is 5.56 Å². The zero-order valence-corrected chi connectivity index (χ0v) is 16.9. The lowest BCUT2D eigenvalue weighted by atomic mass is 10.2. The molecule has 124 valence electrons. The minimum atomic E-state index is -3.51. The third-order valence-electron chi connectivity index (χ3n) is 3.17. The minimum absolute atomic E-state index is 0.00345. The van der Waals surface area contributed by atoms with E-state index in [1.54, 1.807) is 24.3 Å². The molecule has 0 bridgehead atoms. The molecule has 0 heterocycles. The monoisotopic (exact) mass is 479 g/mol. The number of nitrogens with zero attached hydrogens (tertiary/aromatic N) is 1. The summed E-state index contributed by atoms with van der Waals surface area (Å²) in [5.74, 6) is -0.0432. The summed E-state index contributed by atoms with van der Waals surface area (Å²) in [7, 11) is -3.51. The van der Waals surface area contributed by atoms with E-state index in [2.05, 4.69) is 31.9 Å². The molecule has 7 heteroatoms. The van der Waals surface area contributed by atoms with E-state index in [1.807, 2.05) is 30.3 Å². The van der Waals surface area contributed by atoms with Crippen LogP contribution >= 0.6 is 43.5 Å². The largest absolute Gasteiger partial charge is 0.269 e. The average molecular weight is 482 g/mol. The molecule has 23 heavy (non-hydrogen) atoms. The van der Waals surface area contributed by atoms with Crippen LogP contribution in [0.5, 0.6) is 0 Å². The predicted octanol–water partition coefficient (Wildman–Crippen LogP) is 4.83. The molecule has 0 aliphatic rings. The Morgan fingerprint density at radius 1 is 1.04 bits per heavy atom. The third-order valence-corrected chi connectivity index (χ3v) is 7.42. The number of halogens is 3. The van der Waals surface area contributed by atoms with Crippen molar-refractivity contribution in [2.75, 3.05) is 16.2 Å². The molecule has 2 aromatic carbocycles. The van der Waals surface area contributed by atoms with Crippen LogP contribution in [0.4, 0.5) is 5.69 Å². The molecule has 3 nitrogen and oxygen atoms in total. The highest BCUT2D eigenvalue weighted by Crippen LogP contribution is 2.24. The van der Waals surface area contributed by atoms with Gasteiger partial charge in [-0.15, -0.1) is 0 Å². The Morgan fingerprint density at radius 3 is 2.22 bits per heavy atom. The molecule has 0 N–H and O–H groups in total. The average Bonchev–Trinajstić information content (AvgIpc) is 2.53. The van der Waals surface area contributed by atoms with Crippen LogP contribution in [0.3, 0.4) is 0 Å². The van der Waals surface area contributed by atoms with Crippen molar-refractivity contribution in [3.63, 3.8) is 0 Å². The second-order valence-electron chi connectivity index (χ2n) is 5.00. The lowest BCUT2D eigenvalue weighted by Gasteiger charge is -2.26. The maximum Gasteiger partial charge on any atom is 0.239 e. The van der Waals surface area contributed by atoms with Gasteiger partial charge in [0, 0.05) is 21.7 Å². The van der Waals surface area contributed by atoms with Crippen LogP contribution < -0.4 is 4.31 Å². The summed E-state index contributed by atoms with van der Waals surface area (Å²) in [4.78, 5) is 0.00345. The molecule has 0 saturated heterocycles. The number of anilines is 1. The zero-order valence-electron chi connectivity index (χ0n) is 12.2. The van der Waals surface area contributed by atoms with E-state index in [0.29, 0.717) is 22.6 Å². The van der Waals surface area contributed by atoms with Crippen LogP contribution in [0.15, 0.2) is 54.6 Å². The highest BCUT2D eigenvalue weighted by molar-refractivity contribution is 9.12. The van der Waals surface area contributed by atoms with Gasteiger partial charge in [-0.25, -0.2) is 8.42 Å². The molecule has 1 unspecified atom stereocenters. The summed E-state index contributed by atoms with van der Waals surface area (Å²) < 4.78 is 27.2. The standard InChI is InChI=1S/C16H16Br2ClNO2S/c17-10-14(18)11-20(16-8-6-15(19)7-9-16)23(21,22)12-13-4-2-1-3-5-13/h1-9,14H,10-12H2. The normalized spacial score (nSPS) is 12.8.